The van der Waals surface area contributed by atoms with Crippen LogP contribution in [0.5, 0.6) is 0 Å². The molecule has 0 bridgehead atoms. The molecule has 2 rings (SSSR count). The summed E-state index contributed by atoms with van der Waals surface area (Å²) in [6.45, 7) is 2.78. The Kier molecular flexibility index (Phi) is 6.64. The summed E-state index contributed by atoms with van der Waals surface area (Å²) in [7, 11) is 0. The lowest BCUT2D eigenvalue weighted by atomic mass is 10.0. The zero-order valence-corrected chi connectivity index (χ0v) is 13.7. The van der Waals surface area contributed by atoms with Gasteiger partial charge >= 0.3 is 6.03 Å². The zero-order chi connectivity index (χ0) is 15.8. The van der Waals surface area contributed by atoms with Crippen LogP contribution in [0.2, 0.25) is 0 Å². The Morgan fingerprint density at radius 3 is 2.73 bits per heavy atom. The van der Waals surface area contributed by atoms with Crippen LogP contribution in [-0.4, -0.2) is 30.0 Å². The van der Waals surface area contributed by atoms with Crippen LogP contribution in [0.1, 0.15) is 50.1 Å². The maximum absolute atomic E-state index is 11.7. The molecule has 0 unspecified atom stereocenters. The van der Waals surface area contributed by atoms with Crippen molar-refractivity contribution in [1.82, 2.24) is 20.9 Å². The van der Waals surface area contributed by atoms with Crippen molar-refractivity contribution in [1.29, 1.82) is 0 Å². The van der Waals surface area contributed by atoms with E-state index < -0.39 is 0 Å². The zero-order valence-electron chi connectivity index (χ0n) is 12.9. The van der Waals surface area contributed by atoms with E-state index in [1.54, 1.807) is 6.20 Å². The van der Waals surface area contributed by atoms with Gasteiger partial charge in [0.25, 0.3) is 0 Å². The predicted molar refractivity (Wildman–Crippen MR) is 86.6 cm³/mol. The Morgan fingerprint density at radius 2 is 2.05 bits per heavy atom. The molecule has 1 aromatic heterocycles. The number of hydrogen-bond acceptors (Lipinski definition) is 4. The van der Waals surface area contributed by atoms with Gasteiger partial charge in [-0.2, -0.15) is 0 Å². The van der Waals surface area contributed by atoms with Crippen LogP contribution in [0.3, 0.4) is 0 Å². The van der Waals surface area contributed by atoms with Crippen LogP contribution in [0.25, 0.3) is 0 Å². The third-order valence-electron chi connectivity index (χ3n) is 3.85. The third-order valence-corrected chi connectivity index (χ3v) is 4.81. The molecule has 0 saturated heterocycles. The first-order chi connectivity index (χ1) is 10.6. The van der Waals surface area contributed by atoms with Gasteiger partial charge in [0.15, 0.2) is 0 Å². The maximum Gasteiger partial charge on any atom is 0.315 e. The van der Waals surface area contributed by atoms with E-state index in [4.69, 9.17) is 0 Å². The number of thiazole rings is 1. The lowest BCUT2D eigenvalue weighted by molar-refractivity contribution is -0.121. The number of nitrogens with one attached hydrogen (secondary N) is 3. The van der Waals surface area contributed by atoms with E-state index in [0.29, 0.717) is 25.4 Å². The first-order valence-corrected chi connectivity index (χ1v) is 8.73. The van der Waals surface area contributed by atoms with E-state index >= 15 is 0 Å². The Balaban J connectivity index is 1.54. The lowest BCUT2D eigenvalue weighted by Gasteiger charge is -2.13. The van der Waals surface area contributed by atoms with Gasteiger partial charge in [-0.3, -0.25) is 4.79 Å². The van der Waals surface area contributed by atoms with E-state index in [2.05, 4.69) is 20.9 Å². The molecule has 6 nitrogen and oxygen atoms in total. The highest BCUT2D eigenvalue weighted by atomic mass is 32.1. The number of carbonyl (C=O) groups is 2. The van der Waals surface area contributed by atoms with Gasteiger partial charge in [0.1, 0.15) is 5.01 Å². The van der Waals surface area contributed by atoms with E-state index in [0.717, 1.165) is 5.01 Å². The van der Waals surface area contributed by atoms with Gasteiger partial charge in [-0.15, -0.1) is 11.3 Å². The van der Waals surface area contributed by atoms with Gasteiger partial charge in [-0.05, 0) is 25.7 Å². The van der Waals surface area contributed by atoms with Crippen LogP contribution in [0.4, 0.5) is 4.79 Å². The molecule has 1 fully saturated rings. The SMILES string of the molecule is C[C@@H](NC(=O)NCCNC(=O)CC1CCCC1)c1nccs1. The van der Waals surface area contributed by atoms with Crippen molar-refractivity contribution >= 4 is 23.3 Å². The minimum absolute atomic E-state index is 0.0882. The molecule has 0 spiro atoms. The van der Waals surface area contributed by atoms with Crippen LogP contribution in [0, 0.1) is 5.92 Å². The van der Waals surface area contributed by atoms with Crippen molar-refractivity contribution in [3.8, 4) is 0 Å². The Labute approximate surface area is 135 Å². The summed E-state index contributed by atoms with van der Waals surface area (Å²) in [5, 5.41) is 11.2. The monoisotopic (exact) mass is 324 g/mol. The highest BCUT2D eigenvalue weighted by Crippen LogP contribution is 2.27. The predicted octanol–water partition coefficient (Wildman–Crippen LogP) is 2.20. The van der Waals surface area contributed by atoms with Gasteiger partial charge in [0.05, 0.1) is 6.04 Å². The number of urea groups is 1. The molecule has 1 atom stereocenters. The summed E-state index contributed by atoms with van der Waals surface area (Å²) in [6.07, 6.45) is 7.17. The lowest BCUT2D eigenvalue weighted by Crippen LogP contribution is -2.41. The number of nitrogens with zero attached hydrogens (tertiary/aromatic N) is 1. The fourth-order valence-electron chi connectivity index (χ4n) is 2.68. The minimum atomic E-state index is -0.243. The van der Waals surface area contributed by atoms with Crippen molar-refractivity contribution in [2.24, 2.45) is 5.92 Å². The molecule has 0 radical (unpaired) electrons. The summed E-state index contributed by atoms with van der Waals surface area (Å²) in [6, 6.07) is -0.357. The van der Waals surface area contributed by atoms with Crippen LogP contribution < -0.4 is 16.0 Å². The van der Waals surface area contributed by atoms with Gasteiger partial charge in [-0.25, -0.2) is 9.78 Å². The average molecular weight is 324 g/mol. The standard InChI is InChI=1S/C15H24N4O2S/c1-11(14-17-8-9-22-14)19-15(21)18-7-6-16-13(20)10-12-4-2-3-5-12/h8-9,11-12H,2-7,10H2,1H3,(H,16,20)(H2,18,19,21)/t11-/m1/s1. The van der Waals surface area contributed by atoms with E-state index in [1.807, 2.05) is 12.3 Å². The Morgan fingerprint density at radius 1 is 1.32 bits per heavy atom. The van der Waals surface area contributed by atoms with Crippen molar-refractivity contribution in [2.45, 2.75) is 45.1 Å². The molecule has 1 aromatic rings. The van der Waals surface area contributed by atoms with Crippen LogP contribution in [-0.2, 0) is 4.79 Å². The second kappa shape index (κ2) is 8.73. The molecule has 22 heavy (non-hydrogen) atoms. The summed E-state index contributed by atoms with van der Waals surface area (Å²) in [4.78, 5) is 27.6. The number of hydrogen-bond donors (Lipinski definition) is 3. The summed E-state index contributed by atoms with van der Waals surface area (Å²) >= 11 is 1.51. The van der Waals surface area contributed by atoms with Crippen molar-refractivity contribution in [3.05, 3.63) is 16.6 Å². The highest BCUT2D eigenvalue weighted by Gasteiger charge is 2.18. The van der Waals surface area contributed by atoms with E-state index in [-0.39, 0.29) is 18.0 Å². The maximum atomic E-state index is 11.7. The average Bonchev–Trinajstić information content (AvgIpc) is 3.16. The molecule has 122 valence electrons. The Hall–Kier alpha value is -1.63. The van der Waals surface area contributed by atoms with Gasteiger partial charge in [0, 0.05) is 31.1 Å². The van der Waals surface area contributed by atoms with Gasteiger partial charge in [0.2, 0.25) is 5.91 Å². The highest BCUT2D eigenvalue weighted by molar-refractivity contribution is 7.09. The second-order valence-corrected chi connectivity index (χ2v) is 6.62. The third kappa shape index (κ3) is 5.63. The fraction of sp³-hybridized carbons (Fsp3) is 0.667. The first-order valence-electron chi connectivity index (χ1n) is 7.85. The summed E-state index contributed by atoms with van der Waals surface area (Å²) in [5.74, 6) is 0.640. The first kappa shape index (κ1) is 16.7. The molecule has 0 aromatic carbocycles. The van der Waals surface area contributed by atoms with Crippen molar-refractivity contribution < 1.29 is 9.59 Å². The van der Waals surface area contributed by atoms with E-state index in [1.165, 1.54) is 37.0 Å². The molecule has 0 aliphatic heterocycles. The second-order valence-electron chi connectivity index (χ2n) is 5.70. The molecule has 1 aliphatic rings. The molecular weight excluding hydrogens is 300 g/mol. The topological polar surface area (TPSA) is 83.1 Å². The number of carbonyl (C=O) groups excluding carboxylic acids is 2. The Bertz CT molecular complexity index is 472. The largest absolute Gasteiger partial charge is 0.354 e. The molecule has 1 heterocycles. The van der Waals surface area contributed by atoms with Gasteiger partial charge < -0.3 is 16.0 Å². The molecular formula is C15H24N4O2S. The van der Waals surface area contributed by atoms with Gasteiger partial charge in [-0.1, -0.05) is 12.8 Å². The molecule has 1 saturated carbocycles. The summed E-state index contributed by atoms with van der Waals surface area (Å²) in [5.41, 5.74) is 0. The molecule has 1 aliphatic carbocycles. The molecule has 3 N–H and O–H groups in total. The quantitative estimate of drug-likeness (QED) is 0.672. The molecule has 3 amide bonds. The fourth-order valence-corrected chi connectivity index (χ4v) is 3.33. The molecule has 7 heteroatoms. The van der Waals surface area contributed by atoms with Crippen LogP contribution in [0.15, 0.2) is 11.6 Å². The normalized spacial score (nSPS) is 16.2. The van der Waals surface area contributed by atoms with E-state index in [9.17, 15) is 9.59 Å². The number of rotatable bonds is 7. The number of amides is 3. The minimum Gasteiger partial charge on any atom is -0.354 e. The summed E-state index contributed by atoms with van der Waals surface area (Å²) < 4.78 is 0. The van der Waals surface area contributed by atoms with Crippen LogP contribution >= 0.6 is 11.3 Å². The smallest absolute Gasteiger partial charge is 0.315 e. The van der Waals surface area contributed by atoms with Crippen molar-refractivity contribution in [2.75, 3.05) is 13.1 Å². The number of aromatic nitrogens is 1. The van der Waals surface area contributed by atoms with Crippen molar-refractivity contribution in [3.63, 3.8) is 0 Å².